The third-order valence-corrected chi connectivity index (χ3v) is 1.57. The van der Waals surface area contributed by atoms with Gasteiger partial charge in [0.05, 0.1) is 0 Å². The van der Waals surface area contributed by atoms with Crippen LogP contribution in [0.5, 0.6) is 5.88 Å². The van der Waals surface area contributed by atoms with Crippen LogP contribution in [-0.2, 0) is 0 Å². The third-order valence-electron chi connectivity index (χ3n) is 1.57. The lowest BCUT2D eigenvalue weighted by Crippen LogP contribution is -2.10. The molecule has 2 heterocycles. The average Bonchev–Trinajstić information content (AvgIpc) is 2.47. The molecule has 0 atom stereocenters. The summed E-state index contributed by atoms with van der Waals surface area (Å²) >= 11 is 0. The molecule has 0 radical (unpaired) electrons. The molecule has 0 spiro atoms. The Morgan fingerprint density at radius 3 is 2.87 bits per heavy atom. The second-order valence-electron chi connectivity index (χ2n) is 2.54. The number of H-pyrrole nitrogens is 1. The largest absolute Gasteiger partial charge is 0.492 e. The van der Waals surface area contributed by atoms with Crippen LogP contribution in [0.3, 0.4) is 0 Å². The monoisotopic (exact) mass is 213 g/mol. The van der Waals surface area contributed by atoms with Crippen molar-refractivity contribution in [1.82, 2.24) is 20.2 Å². The number of fused-ring (bicyclic) bond motifs is 1. The van der Waals surface area contributed by atoms with Crippen molar-refractivity contribution in [3.05, 3.63) is 5.95 Å². The summed E-state index contributed by atoms with van der Waals surface area (Å²) in [5.74, 6) is -1.95. The van der Waals surface area contributed by atoms with Crippen LogP contribution in [0.2, 0.25) is 0 Å². The minimum absolute atomic E-state index is 0.0940. The van der Waals surface area contributed by atoms with Crippen molar-refractivity contribution in [3.63, 3.8) is 0 Å². The maximum Gasteiger partial charge on any atom is 0.411 e. The molecule has 78 valence electrons. The Morgan fingerprint density at radius 1 is 1.47 bits per heavy atom. The van der Waals surface area contributed by atoms with E-state index in [1.54, 1.807) is 5.32 Å². The lowest BCUT2D eigenvalue weighted by molar-refractivity contribution is 0.209. The molecule has 0 aliphatic carbocycles. The van der Waals surface area contributed by atoms with Gasteiger partial charge in [0.1, 0.15) is 5.52 Å². The minimum Gasteiger partial charge on any atom is -0.492 e. The molecular formula is C6H4FN5O3. The highest BCUT2D eigenvalue weighted by molar-refractivity contribution is 5.84. The summed E-state index contributed by atoms with van der Waals surface area (Å²) in [6.45, 7) is 0. The van der Waals surface area contributed by atoms with Crippen molar-refractivity contribution < 1.29 is 19.4 Å². The highest BCUT2D eigenvalue weighted by Crippen LogP contribution is 2.21. The van der Waals surface area contributed by atoms with Gasteiger partial charge in [0, 0.05) is 0 Å². The molecule has 0 fully saturated rings. The number of halogens is 1. The number of aromatic nitrogens is 4. The fourth-order valence-electron chi connectivity index (χ4n) is 1.01. The summed E-state index contributed by atoms with van der Waals surface area (Å²) in [6, 6.07) is 0. The Balaban J connectivity index is 2.59. The van der Waals surface area contributed by atoms with Crippen LogP contribution in [0.4, 0.5) is 15.1 Å². The van der Waals surface area contributed by atoms with Crippen LogP contribution < -0.4 is 5.32 Å². The van der Waals surface area contributed by atoms with Crippen LogP contribution >= 0.6 is 0 Å². The van der Waals surface area contributed by atoms with Gasteiger partial charge in [0.15, 0.2) is 5.52 Å². The maximum absolute atomic E-state index is 12.9. The maximum atomic E-state index is 12.9. The van der Waals surface area contributed by atoms with Gasteiger partial charge < -0.3 is 10.2 Å². The lowest BCUT2D eigenvalue weighted by atomic mass is 10.4. The number of hydrogen-bond acceptors (Lipinski definition) is 5. The van der Waals surface area contributed by atoms with Crippen LogP contribution in [0, 0.1) is 5.95 Å². The number of hydrogen-bond donors (Lipinski definition) is 4. The first-order valence-corrected chi connectivity index (χ1v) is 3.68. The van der Waals surface area contributed by atoms with Crippen molar-refractivity contribution in [3.8, 4) is 5.88 Å². The predicted octanol–water partition coefficient (Wildman–Crippen LogP) is 0.287. The fraction of sp³-hybridized carbons (Fsp3) is 0. The van der Waals surface area contributed by atoms with E-state index in [2.05, 4.69) is 20.2 Å². The molecule has 0 unspecified atom stereocenters. The van der Waals surface area contributed by atoms with E-state index in [4.69, 9.17) is 5.11 Å². The third kappa shape index (κ3) is 1.49. The number of aromatic amines is 1. The van der Waals surface area contributed by atoms with Gasteiger partial charge in [0.2, 0.25) is 11.8 Å². The van der Waals surface area contributed by atoms with Crippen molar-refractivity contribution in [2.45, 2.75) is 0 Å². The Hall–Kier alpha value is -2.45. The van der Waals surface area contributed by atoms with Gasteiger partial charge in [-0.05, 0) is 0 Å². The highest BCUT2D eigenvalue weighted by Gasteiger charge is 2.14. The molecule has 15 heavy (non-hydrogen) atoms. The zero-order chi connectivity index (χ0) is 11.0. The van der Waals surface area contributed by atoms with Crippen LogP contribution in [0.1, 0.15) is 0 Å². The summed E-state index contributed by atoms with van der Waals surface area (Å²) in [7, 11) is 0. The van der Waals surface area contributed by atoms with E-state index in [1.165, 1.54) is 0 Å². The fourth-order valence-corrected chi connectivity index (χ4v) is 1.01. The van der Waals surface area contributed by atoms with Crippen LogP contribution in [0.25, 0.3) is 11.0 Å². The molecule has 0 aromatic carbocycles. The van der Waals surface area contributed by atoms with Crippen molar-refractivity contribution >= 4 is 23.1 Å². The Labute approximate surface area is 80.8 Å². The number of anilines is 1. The quantitative estimate of drug-likeness (QED) is 0.539. The number of rotatable bonds is 1. The lowest BCUT2D eigenvalue weighted by Gasteiger charge is -1.99. The standard InChI is InChI=1S/C6H4FN5O3/c7-3-1-2(11-12-3)4(13)9-5(8-1)10-6(14)15/h(H,11,12)(H,14,15)(H2,8,9,10,13). The Bertz CT molecular complexity index is 539. The first-order chi connectivity index (χ1) is 7.08. The minimum atomic E-state index is -1.42. The van der Waals surface area contributed by atoms with Crippen molar-refractivity contribution in [2.24, 2.45) is 0 Å². The normalized spacial score (nSPS) is 10.5. The predicted molar refractivity (Wildman–Crippen MR) is 45.0 cm³/mol. The van der Waals surface area contributed by atoms with Gasteiger partial charge in [-0.2, -0.15) is 9.37 Å². The first kappa shape index (κ1) is 9.12. The molecular weight excluding hydrogens is 209 g/mol. The molecule has 0 aliphatic heterocycles. The van der Waals surface area contributed by atoms with E-state index in [0.717, 1.165) is 0 Å². The van der Waals surface area contributed by atoms with Gasteiger partial charge >= 0.3 is 6.09 Å². The summed E-state index contributed by atoms with van der Waals surface area (Å²) in [5.41, 5.74) is -0.380. The van der Waals surface area contributed by atoms with Gasteiger partial charge in [-0.1, -0.05) is 0 Å². The van der Waals surface area contributed by atoms with E-state index in [-0.39, 0.29) is 11.0 Å². The van der Waals surface area contributed by atoms with Gasteiger partial charge in [0.25, 0.3) is 5.95 Å². The number of carbonyl (C=O) groups is 1. The van der Waals surface area contributed by atoms with Gasteiger partial charge in [-0.25, -0.2) is 9.78 Å². The molecule has 0 bridgehead atoms. The topological polar surface area (TPSA) is 124 Å². The number of carboxylic acid groups (broad SMARTS) is 1. The van der Waals surface area contributed by atoms with E-state index >= 15 is 0 Å². The zero-order valence-electron chi connectivity index (χ0n) is 7.02. The average molecular weight is 213 g/mol. The first-order valence-electron chi connectivity index (χ1n) is 3.68. The highest BCUT2D eigenvalue weighted by atomic mass is 19.1. The number of nitrogens with zero attached hydrogens (tertiary/aromatic N) is 3. The molecule has 0 saturated carbocycles. The van der Waals surface area contributed by atoms with E-state index in [9.17, 15) is 14.3 Å². The molecule has 0 aliphatic rings. The van der Waals surface area contributed by atoms with Crippen LogP contribution in [-0.4, -0.2) is 36.5 Å². The Morgan fingerprint density at radius 2 is 2.20 bits per heavy atom. The molecule has 2 rings (SSSR count). The smallest absolute Gasteiger partial charge is 0.411 e. The van der Waals surface area contributed by atoms with Gasteiger partial charge in [-0.3, -0.25) is 10.4 Å². The summed E-state index contributed by atoms with van der Waals surface area (Å²) < 4.78 is 12.9. The van der Waals surface area contributed by atoms with E-state index in [0.29, 0.717) is 0 Å². The molecule has 2 aromatic heterocycles. The number of nitrogens with one attached hydrogen (secondary N) is 2. The second-order valence-corrected chi connectivity index (χ2v) is 2.54. The zero-order valence-corrected chi connectivity index (χ0v) is 7.02. The SMILES string of the molecule is O=C(O)Nc1nc(O)c2[nH]nc(F)c2n1. The molecule has 8 nitrogen and oxygen atoms in total. The summed E-state index contributed by atoms with van der Waals surface area (Å²) in [5, 5.41) is 24.7. The van der Waals surface area contributed by atoms with E-state index in [1.807, 2.05) is 0 Å². The number of amides is 1. The summed E-state index contributed by atoms with van der Waals surface area (Å²) in [4.78, 5) is 17.1. The summed E-state index contributed by atoms with van der Waals surface area (Å²) in [6.07, 6.45) is -1.42. The van der Waals surface area contributed by atoms with Crippen molar-refractivity contribution in [1.29, 1.82) is 0 Å². The van der Waals surface area contributed by atoms with E-state index < -0.39 is 23.9 Å². The molecule has 2 aromatic rings. The second kappa shape index (κ2) is 3.04. The van der Waals surface area contributed by atoms with Crippen LogP contribution in [0.15, 0.2) is 0 Å². The number of aromatic hydroxyl groups is 1. The molecule has 9 heteroatoms. The molecule has 1 amide bonds. The Kier molecular flexibility index (Phi) is 1.85. The van der Waals surface area contributed by atoms with Crippen molar-refractivity contribution in [2.75, 3.05) is 5.32 Å². The molecule has 4 N–H and O–H groups in total. The molecule has 0 saturated heterocycles. The van der Waals surface area contributed by atoms with Gasteiger partial charge in [-0.15, -0.1) is 5.10 Å².